The van der Waals surface area contributed by atoms with Crippen LogP contribution in [0.5, 0.6) is 0 Å². The highest BCUT2D eigenvalue weighted by atomic mass is 19.4. The molecule has 2 saturated carbocycles. The molecule has 2 rings (SSSR count). The topological polar surface area (TPSA) is 20.2 Å². The fourth-order valence-electron chi connectivity index (χ4n) is 3.95. The van der Waals surface area contributed by atoms with E-state index in [0.717, 1.165) is 6.08 Å². The first-order chi connectivity index (χ1) is 8.49. The van der Waals surface area contributed by atoms with Gasteiger partial charge in [0.05, 0.1) is 0 Å². The highest BCUT2D eigenvalue weighted by Crippen LogP contribution is 2.69. The Balaban J connectivity index is 2.59. The number of aliphatic hydroxyl groups is 1. The van der Waals surface area contributed by atoms with E-state index in [1.807, 2.05) is 0 Å². The van der Waals surface area contributed by atoms with Crippen LogP contribution in [0.25, 0.3) is 0 Å². The van der Waals surface area contributed by atoms with Crippen molar-refractivity contribution in [3.63, 3.8) is 0 Å². The van der Waals surface area contributed by atoms with Crippen molar-refractivity contribution >= 4 is 0 Å². The number of halogens is 6. The summed E-state index contributed by atoms with van der Waals surface area (Å²) in [6, 6.07) is 0. The quantitative estimate of drug-likeness (QED) is 0.604. The molecule has 0 amide bonds. The minimum absolute atomic E-state index is 0.195. The molecule has 3 unspecified atom stereocenters. The van der Waals surface area contributed by atoms with Gasteiger partial charge in [0, 0.05) is 5.41 Å². The molecule has 2 fully saturated rings. The van der Waals surface area contributed by atoms with E-state index in [1.54, 1.807) is 0 Å². The summed E-state index contributed by atoms with van der Waals surface area (Å²) in [5.74, 6) is -1.15. The predicted octanol–water partition coefficient (Wildman–Crippen LogP) is 3.83. The van der Waals surface area contributed by atoms with Crippen molar-refractivity contribution in [3.05, 3.63) is 12.7 Å². The lowest BCUT2D eigenvalue weighted by molar-refractivity contribution is -0.406. The van der Waals surface area contributed by atoms with Gasteiger partial charge in [-0.15, -0.1) is 6.58 Å². The Morgan fingerprint density at radius 2 is 1.63 bits per heavy atom. The molecule has 0 aromatic carbocycles. The number of rotatable bonds is 2. The van der Waals surface area contributed by atoms with Crippen LogP contribution in [0, 0.1) is 17.3 Å². The van der Waals surface area contributed by atoms with Crippen molar-refractivity contribution in [1.82, 2.24) is 0 Å². The van der Waals surface area contributed by atoms with E-state index >= 15 is 0 Å². The number of alkyl halides is 6. The van der Waals surface area contributed by atoms with Crippen molar-refractivity contribution in [3.8, 4) is 0 Å². The molecule has 2 bridgehead atoms. The third kappa shape index (κ3) is 1.66. The molecule has 0 heterocycles. The molecular weight excluding hydrogens is 274 g/mol. The fourth-order valence-corrected chi connectivity index (χ4v) is 3.95. The van der Waals surface area contributed by atoms with Gasteiger partial charge in [-0.3, -0.25) is 0 Å². The minimum Gasteiger partial charge on any atom is -0.373 e. The number of hydrogen-bond acceptors (Lipinski definition) is 1. The second-order valence-corrected chi connectivity index (χ2v) is 5.55. The highest BCUT2D eigenvalue weighted by molar-refractivity contribution is 5.19. The van der Waals surface area contributed by atoms with Gasteiger partial charge in [-0.1, -0.05) is 6.08 Å². The first-order valence-electron chi connectivity index (χ1n) is 5.98. The summed E-state index contributed by atoms with van der Waals surface area (Å²) < 4.78 is 78.0. The Bertz CT molecular complexity index is 371. The van der Waals surface area contributed by atoms with Crippen LogP contribution >= 0.6 is 0 Å². The summed E-state index contributed by atoms with van der Waals surface area (Å²) in [5, 5.41) is 9.66. The summed E-state index contributed by atoms with van der Waals surface area (Å²) >= 11 is 0. The molecule has 19 heavy (non-hydrogen) atoms. The zero-order chi connectivity index (χ0) is 14.7. The van der Waals surface area contributed by atoms with E-state index in [9.17, 15) is 31.4 Å². The molecular formula is C12H14F6O. The zero-order valence-corrected chi connectivity index (χ0v) is 9.98. The van der Waals surface area contributed by atoms with E-state index in [2.05, 4.69) is 6.58 Å². The van der Waals surface area contributed by atoms with Crippen LogP contribution in [0.15, 0.2) is 12.7 Å². The lowest BCUT2D eigenvalue weighted by atomic mass is 9.63. The van der Waals surface area contributed by atoms with Crippen LogP contribution < -0.4 is 0 Å². The largest absolute Gasteiger partial charge is 0.426 e. The van der Waals surface area contributed by atoms with Crippen LogP contribution in [-0.4, -0.2) is 23.1 Å². The molecule has 0 aromatic rings. The maximum absolute atomic E-state index is 13.0. The Morgan fingerprint density at radius 3 is 2.00 bits per heavy atom. The third-order valence-corrected chi connectivity index (χ3v) is 4.77. The van der Waals surface area contributed by atoms with Crippen molar-refractivity contribution < 1.29 is 31.4 Å². The highest BCUT2D eigenvalue weighted by Gasteiger charge is 2.82. The van der Waals surface area contributed by atoms with E-state index < -0.39 is 29.3 Å². The van der Waals surface area contributed by atoms with Gasteiger partial charge in [-0.25, -0.2) is 0 Å². The van der Waals surface area contributed by atoms with Crippen molar-refractivity contribution in [2.24, 2.45) is 17.3 Å². The van der Waals surface area contributed by atoms with Crippen LogP contribution in [0.3, 0.4) is 0 Å². The zero-order valence-electron chi connectivity index (χ0n) is 9.98. The molecule has 0 radical (unpaired) electrons. The Hall–Kier alpha value is -0.720. The molecule has 0 spiro atoms. The Labute approximate surface area is 106 Å². The molecule has 110 valence electrons. The molecule has 3 atom stereocenters. The second-order valence-electron chi connectivity index (χ2n) is 5.55. The van der Waals surface area contributed by atoms with E-state index in [4.69, 9.17) is 0 Å². The van der Waals surface area contributed by atoms with Crippen LogP contribution in [0.2, 0.25) is 0 Å². The van der Waals surface area contributed by atoms with Crippen LogP contribution in [0.4, 0.5) is 26.3 Å². The monoisotopic (exact) mass is 288 g/mol. The maximum atomic E-state index is 13.0. The molecule has 0 aromatic heterocycles. The van der Waals surface area contributed by atoms with Gasteiger partial charge in [0.25, 0.3) is 5.60 Å². The van der Waals surface area contributed by atoms with Gasteiger partial charge >= 0.3 is 12.4 Å². The first kappa shape index (κ1) is 14.7. The summed E-state index contributed by atoms with van der Waals surface area (Å²) in [6.07, 6.45) is -10.4. The average Bonchev–Trinajstić information content (AvgIpc) is 2.82. The summed E-state index contributed by atoms with van der Waals surface area (Å²) in [6.45, 7) is 3.34. The number of allylic oxidation sites excluding steroid dienone is 1. The third-order valence-electron chi connectivity index (χ3n) is 4.77. The molecule has 2 aliphatic rings. The molecule has 1 N–H and O–H groups in total. The maximum Gasteiger partial charge on any atom is 0.426 e. The number of hydrogen-bond donors (Lipinski definition) is 1. The second kappa shape index (κ2) is 3.90. The van der Waals surface area contributed by atoms with E-state index in [-0.39, 0.29) is 25.2 Å². The van der Waals surface area contributed by atoms with Gasteiger partial charge < -0.3 is 5.11 Å². The van der Waals surface area contributed by atoms with Crippen molar-refractivity contribution in [2.45, 2.75) is 43.6 Å². The molecule has 0 saturated heterocycles. The van der Waals surface area contributed by atoms with E-state index in [0.29, 0.717) is 6.42 Å². The first-order valence-corrected chi connectivity index (χ1v) is 5.98. The van der Waals surface area contributed by atoms with Crippen LogP contribution in [-0.2, 0) is 0 Å². The van der Waals surface area contributed by atoms with Crippen molar-refractivity contribution in [1.29, 1.82) is 0 Å². The summed E-state index contributed by atoms with van der Waals surface area (Å²) in [5.41, 5.74) is -6.87. The van der Waals surface area contributed by atoms with Gasteiger partial charge in [0.2, 0.25) is 0 Å². The lowest BCUT2D eigenvalue weighted by Crippen LogP contribution is -2.67. The molecule has 7 heteroatoms. The minimum atomic E-state index is -5.74. The van der Waals surface area contributed by atoms with Gasteiger partial charge in [0.15, 0.2) is 0 Å². The standard InChI is InChI=1S/C12H14F6O/c1-2-8-5-7-3-4-9(8,6-7)10(19,11(13,14)15)12(16,17)18/h2,7-8,19H,1,3-6H2. The van der Waals surface area contributed by atoms with Crippen LogP contribution in [0.1, 0.15) is 25.7 Å². The smallest absolute Gasteiger partial charge is 0.373 e. The lowest BCUT2D eigenvalue weighted by Gasteiger charge is -2.48. The Morgan fingerprint density at radius 1 is 1.11 bits per heavy atom. The van der Waals surface area contributed by atoms with Gasteiger partial charge in [-0.05, 0) is 37.5 Å². The summed E-state index contributed by atoms with van der Waals surface area (Å²) in [4.78, 5) is 0. The average molecular weight is 288 g/mol. The fraction of sp³-hybridized carbons (Fsp3) is 0.833. The molecule has 0 aliphatic heterocycles. The van der Waals surface area contributed by atoms with E-state index in [1.165, 1.54) is 0 Å². The van der Waals surface area contributed by atoms with Gasteiger partial charge in [0.1, 0.15) is 0 Å². The normalized spacial score (nSPS) is 35.7. The SMILES string of the molecule is C=CC1CC2CCC1(C(O)(C(F)(F)F)C(F)(F)F)C2. The molecule has 1 nitrogen and oxygen atoms in total. The van der Waals surface area contributed by atoms with Crippen molar-refractivity contribution in [2.75, 3.05) is 0 Å². The predicted molar refractivity (Wildman–Crippen MR) is 55.1 cm³/mol. The Kier molecular flexibility index (Phi) is 3.01. The van der Waals surface area contributed by atoms with Gasteiger partial charge in [-0.2, -0.15) is 26.3 Å². The summed E-state index contributed by atoms with van der Waals surface area (Å²) in [7, 11) is 0. The number of fused-ring (bicyclic) bond motifs is 2. The molecule has 2 aliphatic carbocycles.